The van der Waals surface area contributed by atoms with E-state index in [1.165, 1.54) is 14.2 Å². The summed E-state index contributed by atoms with van der Waals surface area (Å²) in [6.07, 6.45) is 0.896. The third kappa shape index (κ3) is 7.65. The number of benzene rings is 3. The molecule has 1 aliphatic heterocycles. The summed E-state index contributed by atoms with van der Waals surface area (Å²) in [6.45, 7) is 2.84. The SMILES string of the molecule is COC(=O)c1ccc(OCN2C[C@@H](N(C)C)C[C@H]2C(=O)Cc2ccc(NC(=O)Nc3ccccc3C)c(OC)c2)cc1. The summed E-state index contributed by atoms with van der Waals surface area (Å²) >= 11 is 0. The zero-order chi connectivity index (χ0) is 30.2. The van der Waals surface area contributed by atoms with E-state index in [1.807, 2.05) is 56.3 Å². The van der Waals surface area contributed by atoms with Crippen LogP contribution < -0.4 is 20.1 Å². The Morgan fingerprint density at radius 1 is 0.952 bits per heavy atom. The maximum Gasteiger partial charge on any atom is 0.337 e. The number of nitrogens with zero attached hydrogens (tertiary/aromatic N) is 2. The Kier molecular flexibility index (Phi) is 10.2. The lowest BCUT2D eigenvalue weighted by molar-refractivity contribution is -0.123. The molecule has 0 bridgehead atoms. The van der Waals surface area contributed by atoms with Gasteiger partial charge in [0.15, 0.2) is 5.78 Å². The molecular weight excluding hydrogens is 536 g/mol. The number of likely N-dealkylation sites (N-methyl/N-ethyl adjacent to an activating group) is 1. The Hall–Kier alpha value is -4.41. The van der Waals surface area contributed by atoms with Gasteiger partial charge in [-0.1, -0.05) is 24.3 Å². The molecule has 1 fully saturated rings. The number of carbonyl (C=O) groups is 3. The summed E-state index contributed by atoms with van der Waals surface area (Å²) in [6, 6.07) is 19.1. The van der Waals surface area contributed by atoms with Gasteiger partial charge in [-0.3, -0.25) is 9.69 Å². The van der Waals surface area contributed by atoms with E-state index in [4.69, 9.17) is 14.2 Å². The van der Waals surface area contributed by atoms with Gasteiger partial charge in [-0.2, -0.15) is 0 Å². The number of rotatable bonds is 11. The Morgan fingerprint density at radius 2 is 1.67 bits per heavy atom. The molecular formula is C32H38N4O6. The molecule has 0 aromatic heterocycles. The molecule has 2 N–H and O–H groups in total. The minimum atomic E-state index is -0.411. The number of anilines is 2. The monoisotopic (exact) mass is 574 g/mol. The number of aryl methyl sites for hydroxylation is 1. The van der Waals surface area contributed by atoms with Crippen LogP contribution in [0.2, 0.25) is 0 Å². The van der Waals surface area contributed by atoms with Gasteiger partial charge in [-0.05, 0) is 81.0 Å². The van der Waals surface area contributed by atoms with Crippen molar-refractivity contribution in [2.24, 2.45) is 0 Å². The number of para-hydroxylation sites is 1. The summed E-state index contributed by atoms with van der Waals surface area (Å²) < 4.78 is 16.3. The third-order valence-corrected chi connectivity index (χ3v) is 7.44. The molecule has 4 rings (SSSR count). The van der Waals surface area contributed by atoms with Crippen molar-refractivity contribution in [1.29, 1.82) is 0 Å². The summed E-state index contributed by atoms with van der Waals surface area (Å²) in [5.41, 5.74) is 3.40. The van der Waals surface area contributed by atoms with E-state index >= 15 is 0 Å². The molecule has 2 amide bonds. The predicted octanol–water partition coefficient (Wildman–Crippen LogP) is 4.59. The van der Waals surface area contributed by atoms with E-state index in [1.54, 1.807) is 36.4 Å². The van der Waals surface area contributed by atoms with E-state index in [0.717, 1.165) is 16.8 Å². The lowest BCUT2D eigenvalue weighted by Gasteiger charge is -2.24. The van der Waals surface area contributed by atoms with Crippen molar-refractivity contribution in [2.45, 2.75) is 31.8 Å². The number of ether oxygens (including phenoxy) is 3. The van der Waals surface area contributed by atoms with E-state index in [0.29, 0.717) is 35.7 Å². The fraction of sp³-hybridized carbons (Fsp3) is 0.344. The maximum atomic E-state index is 13.6. The lowest BCUT2D eigenvalue weighted by Crippen LogP contribution is -2.39. The molecule has 0 unspecified atom stereocenters. The first-order valence-corrected chi connectivity index (χ1v) is 13.7. The van der Waals surface area contributed by atoms with Crippen molar-refractivity contribution in [3.05, 3.63) is 83.4 Å². The van der Waals surface area contributed by atoms with Crippen molar-refractivity contribution in [3.63, 3.8) is 0 Å². The summed E-state index contributed by atoms with van der Waals surface area (Å²) in [4.78, 5) is 42.0. The number of likely N-dealkylation sites (tertiary alicyclic amines) is 1. The zero-order valence-corrected chi connectivity index (χ0v) is 24.7. The number of nitrogens with one attached hydrogen (secondary N) is 2. The van der Waals surface area contributed by atoms with Gasteiger partial charge in [0.1, 0.15) is 18.2 Å². The van der Waals surface area contributed by atoms with Crippen molar-refractivity contribution in [1.82, 2.24) is 9.80 Å². The van der Waals surface area contributed by atoms with Crippen LogP contribution in [0.4, 0.5) is 16.2 Å². The van der Waals surface area contributed by atoms with Gasteiger partial charge >= 0.3 is 12.0 Å². The van der Waals surface area contributed by atoms with Crippen LogP contribution in [0.15, 0.2) is 66.7 Å². The average Bonchev–Trinajstić information content (AvgIpc) is 3.43. The summed E-state index contributed by atoms with van der Waals surface area (Å²) in [5, 5.41) is 5.67. The van der Waals surface area contributed by atoms with Gasteiger partial charge in [0.25, 0.3) is 0 Å². The number of Topliss-reactive ketones (excluding diaryl/α,β-unsaturated/α-hetero) is 1. The minimum absolute atomic E-state index is 0.0732. The van der Waals surface area contributed by atoms with Crippen LogP contribution in [0.25, 0.3) is 0 Å². The highest BCUT2D eigenvalue weighted by Gasteiger charge is 2.37. The van der Waals surface area contributed by atoms with Crippen molar-refractivity contribution in [2.75, 3.05) is 52.2 Å². The van der Waals surface area contributed by atoms with Crippen molar-refractivity contribution in [3.8, 4) is 11.5 Å². The molecule has 222 valence electrons. The average molecular weight is 575 g/mol. The van der Waals surface area contributed by atoms with Crippen LogP contribution in [0.3, 0.4) is 0 Å². The fourth-order valence-electron chi connectivity index (χ4n) is 4.95. The molecule has 10 heteroatoms. The van der Waals surface area contributed by atoms with Crippen LogP contribution in [-0.2, 0) is 16.0 Å². The molecule has 0 saturated carbocycles. The number of hydrogen-bond donors (Lipinski definition) is 2. The number of carbonyl (C=O) groups excluding carboxylic acids is 3. The fourth-order valence-corrected chi connectivity index (χ4v) is 4.95. The first-order chi connectivity index (χ1) is 20.2. The highest BCUT2D eigenvalue weighted by atomic mass is 16.5. The molecule has 42 heavy (non-hydrogen) atoms. The van der Waals surface area contributed by atoms with Crippen molar-refractivity contribution < 1.29 is 28.6 Å². The van der Waals surface area contributed by atoms with Crippen LogP contribution >= 0.6 is 0 Å². The van der Waals surface area contributed by atoms with Crippen LogP contribution in [0.5, 0.6) is 11.5 Å². The minimum Gasteiger partial charge on any atom is -0.495 e. The quantitative estimate of drug-likeness (QED) is 0.320. The highest BCUT2D eigenvalue weighted by Crippen LogP contribution is 2.28. The molecule has 2 atom stereocenters. The van der Waals surface area contributed by atoms with E-state index in [9.17, 15) is 14.4 Å². The summed E-state index contributed by atoms with van der Waals surface area (Å²) in [5.74, 6) is 0.727. The van der Waals surface area contributed by atoms with Crippen LogP contribution in [-0.4, -0.2) is 81.3 Å². The number of esters is 1. The smallest absolute Gasteiger partial charge is 0.337 e. The van der Waals surface area contributed by atoms with Gasteiger partial charge in [0.05, 0.1) is 31.5 Å². The molecule has 1 aliphatic rings. The normalized spacial score (nSPS) is 16.6. The second kappa shape index (κ2) is 14.0. The molecule has 3 aromatic rings. The van der Waals surface area contributed by atoms with Crippen LogP contribution in [0.1, 0.15) is 27.9 Å². The molecule has 0 spiro atoms. The number of methoxy groups -OCH3 is 2. The molecule has 0 aliphatic carbocycles. The molecule has 1 saturated heterocycles. The van der Waals surface area contributed by atoms with Gasteiger partial charge in [0.2, 0.25) is 0 Å². The number of ketones is 1. The largest absolute Gasteiger partial charge is 0.495 e. The van der Waals surface area contributed by atoms with E-state index < -0.39 is 5.97 Å². The second-order valence-electron chi connectivity index (χ2n) is 10.5. The first kappa shape index (κ1) is 30.5. The van der Waals surface area contributed by atoms with Gasteiger partial charge in [0, 0.05) is 24.7 Å². The Morgan fingerprint density at radius 3 is 2.33 bits per heavy atom. The van der Waals surface area contributed by atoms with Gasteiger partial charge in [-0.15, -0.1) is 0 Å². The van der Waals surface area contributed by atoms with Crippen molar-refractivity contribution >= 4 is 29.2 Å². The number of amides is 2. The predicted molar refractivity (Wildman–Crippen MR) is 161 cm³/mol. The van der Waals surface area contributed by atoms with Gasteiger partial charge < -0.3 is 29.7 Å². The third-order valence-electron chi connectivity index (χ3n) is 7.44. The van der Waals surface area contributed by atoms with Crippen LogP contribution in [0, 0.1) is 6.92 Å². The standard InChI is InChI=1S/C32H38N4O6/c1-21-8-6-7-9-26(21)33-32(39)34-27-15-10-22(17-30(27)40-4)16-29(37)28-18-24(35(2)3)19-36(28)20-42-25-13-11-23(12-14-25)31(38)41-5/h6-15,17,24,28H,16,18-20H2,1-5H3,(H2,33,34,39)/t24-,28-/m0/s1. The molecule has 0 radical (unpaired) electrons. The maximum absolute atomic E-state index is 13.6. The number of urea groups is 1. The zero-order valence-electron chi connectivity index (χ0n) is 24.7. The summed E-state index contributed by atoms with van der Waals surface area (Å²) in [7, 11) is 6.88. The highest BCUT2D eigenvalue weighted by molar-refractivity contribution is 6.01. The molecule has 10 nitrogen and oxygen atoms in total. The topological polar surface area (TPSA) is 109 Å². The molecule has 1 heterocycles. The van der Waals surface area contributed by atoms with E-state index in [2.05, 4.69) is 15.5 Å². The lowest BCUT2D eigenvalue weighted by atomic mass is 10.0. The Labute approximate surface area is 246 Å². The van der Waals surface area contributed by atoms with E-state index in [-0.39, 0.29) is 37.0 Å². The Balaban J connectivity index is 1.40. The van der Waals surface area contributed by atoms with Gasteiger partial charge in [-0.25, -0.2) is 9.59 Å². The number of hydrogen-bond acceptors (Lipinski definition) is 8. The Bertz CT molecular complexity index is 1410. The first-order valence-electron chi connectivity index (χ1n) is 13.7. The second-order valence-corrected chi connectivity index (χ2v) is 10.5. The molecule has 3 aromatic carbocycles.